The Balaban J connectivity index is 1.94. The van der Waals surface area contributed by atoms with Gasteiger partial charge in [-0.05, 0) is 50.2 Å². The molecule has 0 saturated carbocycles. The van der Waals surface area contributed by atoms with Crippen LogP contribution < -0.4 is 10.6 Å². The Hall–Kier alpha value is -1.75. The Morgan fingerprint density at radius 3 is 2.39 bits per heavy atom. The summed E-state index contributed by atoms with van der Waals surface area (Å²) in [5, 5.41) is 5.51. The molecule has 5 heteroatoms. The quantitative estimate of drug-likeness (QED) is 0.772. The number of hydrogen-bond donors (Lipinski definition) is 2. The molecule has 18 heavy (non-hydrogen) atoms. The van der Waals surface area contributed by atoms with Crippen molar-refractivity contribution in [3.05, 3.63) is 35.6 Å². The lowest BCUT2D eigenvalue weighted by Crippen LogP contribution is -2.40. The number of piperidine rings is 1. The first kappa shape index (κ1) is 12.7. The van der Waals surface area contributed by atoms with E-state index in [1.807, 2.05) is 0 Å². The van der Waals surface area contributed by atoms with Gasteiger partial charge in [-0.25, -0.2) is 4.39 Å². The third kappa shape index (κ3) is 3.13. The number of nitrogens with one attached hydrogen (secondary N) is 2. The maximum Gasteiger partial charge on any atom is 0.257 e. The summed E-state index contributed by atoms with van der Waals surface area (Å²) in [7, 11) is 0. The van der Waals surface area contributed by atoms with Crippen LogP contribution in [0.2, 0.25) is 0 Å². The highest BCUT2D eigenvalue weighted by molar-refractivity contribution is 6.05. The van der Waals surface area contributed by atoms with Crippen LogP contribution in [0.25, 0.3) is 0 Å². The fourth-order valence-electron chi connectivity index (χ4n) is 1.97. The van der Waals surface area contributed by atoms with E-state index in [2.05, 4.69) is 10.6 Å². The highest BCUT2D eigenvalue weighted by atomic mass is 19.1. The molecule has 2 N–H and O–H groups in total. The molecule has 4 nitrogen and oxygen atoms in total. The summed E-state index contributed by atoms with van der Waals surface area (Å²) >= 11 is 0. The molecule has 1 fully saturated rings. The highest BCUT2D eigenvalue weighted by Gasteiger charge is 2.22. The zero-order valence-corrected chi connectivity index (χ0v) is 9.91. The molecule has 0 atom stereocenters. The van der Waals surface area contributed by atoms with Crippen LogP contribution in [0, 0.1) is 11.7 Å². The van der Waals surface area contributed by atoms with Crippen molar-refractivity contribution in [1.82, 2.24) is 10.6 Å². The lowest BCUT2D eigenvalue weighted by molar-refractivity contribution is -0.124. The van der Waals surface area contributed by atoms with Crippen molar-refractivity contribution in [3.63, 3.8) is 0 Å². The average molecular weight is 250 g/mol. The Bertz CT molecular complexity index is 439. The standard InChI is InChI=1S/C13H15FN2O2/c14-11-3-1-9(2-4-11)12(17)16-13(18)10-5-7-15-8-6-10/h1-4,10,15H,5-8H2,(H,16,17,18). The van der Waals surface area contributed by atoms with Gasteiger partial charge >= 0.3 is 0 Å². The van der Waals surface area contributed by atoms with Gasteiger partial charge in [0.1, 0.15) is 5.82 Å². The summed E-state index contributed by atoms with van der Waals surface area (Å²) in [4.78, 5) is 23.6. The van der Waals surface area contributed by atoms with Gasteiger partial charge in [-0.15, -0.1) is 0 Å². The summed E-state index contributed by atoms with van der Waals surface area (Å²) in [6, 6.07) is 5.12. The van der Waals surface area contributed by atoms with Crippen molar-refractivity contribution in [2.45, 2.75) is 12.8 Å². The van der Waals surface area contributed by atoms with Gasteiger partial charge in [-0.3, -0.25) is 14.9 Å². The fourth-order valence-corrected chi connectivity index (χ4v) is 1.97. The van der Waals surface area contributed by atoms with E-state index < -0.39 is 11.7 Å². The van der Waals surface area contributed by atoms with Crippen LogP contribution in [0.1, 0.15) is 23.2 Å². The third-order valence-electron chi connectivity index (χ3n) is 3.05. The molecule has 2 amide bonds. The molecule has 0 bridgehead atoms. The smallest absolute Gasteiger partial charge is 0.257 e. The zero-order valence-electron chi connectivity index (χ0n) is 9.91. The topological polar surface area (TPSA) is 58.2 Å². The third-order valence-corrected chi connectivity index (χ3v) is 3.05. The van der Waals surface area contributed by atoms with E-state index in [0.717, 1.165) is 25.9 Å². The molecule has 0 aromatic heterocycles. The van der Waals surface area contributed by atoms with E-state index in [1.165, 1.54) is 24.3 Å². The lowest BCUT2D eigenvalue weighted by Gasteiger charge is -2.21. The van der Waals surface area contributed by atoms with Crippen LogP contribution in [0.5, 0.6) is 0 Å². The number of benzene rings is 1. The Morgan fingerprint density at radius 1 is 1.17 bits per heavy atom. The minimum atomic E-state index is -0.474. The van der Waals surface area contributed by atoms with Gasteiger partial charge in [-0.2, -0.15) is 0 Å². The first-order chi connectivity index (χ1) is 8.66. The molecule has 1 aliphatic rings. The van der Waals surface area contributed by atoms with Crippen molar-refractivity contribution in [1.29, 1.82) is 0 Å². The van der Waals surface area contributed by atoms with Gasteiger partial charge in [0.05, 0.1) is 0 Å². The van der Waals surface area contributed by atoms with E-state index in [4.69, 9.17) is 0 Å². The molecule has 1 saturated heterocycles. The number of halogens is 1. The van der Waals surface area contributed by atoms with Gasteiger partial charge < -0.3 is 5.32 Å². The Labute approximate surface area is 105 Å². The van der Waals surface area contributed by atoms with E-state index in [9.17, 15) is 14.0 Å². The van der Waals surface area contributed by atoms with E-state index in [1.54, 1.807) is 0 Å². The van der Waals surface area contributed by atoms with Crippen LogP contribution in [0.4, 0.5) is 4.39 Å². The predicted molar refractivity (Wildman–Crippen MR) is 64.5 cm³/mol. The molecule has 1 aromatic carbocycles. The summed E-state index contributed by atoms with van der Waals surface area (Å²) in [5.41, 5.74) is 0.290. The number of carbonyl (C=O) groups is 2. The van der Waals surface area contributed by atoms with Crippen LogP contribution >= 0.6 is 0 Å². The highest BCUT2D eigenvalue weighted by Crippen LogP contribution is 2.12. The van der Waals surface area contributed by atoms with Crippen LogP contribution in [-0.4, -0.2) is 24.9 Å². The average Bonchev–Trinajstić information content (AvgIpc) is 2.40. The first-order valence-electron chi connectivity index (χ1n) is 5.98. The number of imide groups is 1. The predicted octanol–water partition coefficient (Wildman–Crippen LogP) is 1.08. The van der Waals surface area contributed by atoms with Crippen molar-refractivity contribution in [2.75, 3.05) is 13.1 Å². The number of hydrogen-bond acceptors (Lipinski definition) is 3. The van der Waals surface area contributed by atoms with Gasteiger partial charge in [0.2, 0.25) is 5.91 Å². The monoisotopic (exact) mass is 250 g/mol. The molecular weight excluding hydrogens is 235 g/mol. The second kappa shape index (κ2) is 5.73. The van der Waals surface area contributed by atoms with Gasteiger partial charge in [0, 0.05) is 11.5 Å². The van der Waals surface area contributed by atoms with Crippen molar-refractivity contribution in [3.8, 4) is 0 Å². The molecule has 1 heterocycles. The molecule has 0 aliphatic carbocycles. The van der Waals surface area contributed by atoms with Crippen molar-refractivity contribution >= 4 is 11.8 Å². The SMILES string of the molecule is O=C(NC(=O)C1CCNCC1)c1ccc(F)cc1. The normalized spacial score (nSPS) is 16.3. The fraction of sp³-hybridized carbons (Fsp3) is 0.385. The number of amides is 2. The van der Waals surface area contributed by atoms with E-state index in [0.29, 0.717) is 5.56 Å². The van der Waals surface area contributed by atoms with Crippen molar-refractivity contribution < 1.29 is 14.0 Å². The minimum Gasteiger partial charge on any atom is -0.317 e. The maximum atomic E-state index is 12.7. The van der Waals surface area contributed by atoms with E-state index in [-0.39, 0.29) is 11.8 Å². The first-order valence-corrected chi connectivity index (χ1v) is 5.98. The summed E-state index contributed by atoms with van der Waals surface area (Å²) in [6.07, 6.45) is 1.48. The second-order valence-corrected chi connectivity index (χ2v) is 4.35. The molecule has 0 spiro atoms. The largest absolute Gasteiger partial charge is 0.317 e. The number of rotatable bonds is 2. The maximum absolute atomic E-state index is 12.7. The number of carbonyl (C=O) groups excluding carboxylic acids is 2. The summed E-state index contributed by atoms with van der Waals surface area (Å²) in [5.74, 6) is -1.24. The van der Waals surface area contributed by atoms with Crippen LogP contribution in [0.15, 0.2) is 24.3 Å². The molecular formula is C13H15FN2O2. The van der Waals surface area contributed by atoms with Crippen LogP contribution in [-0.2, 0) is 4.79 Å². The van der Waals surface area contributed by atoms with Crippen molar-refractivity contribution in [2.24, 2.45) is 5.92 Å². The second-order valence-electron chi connectivity index (χ2n) is 4.35. The van der Waals surface area contributed by atoms with E-state index >= 15 is 0 Å². The lowest BCUT2D eigenvalue weighted by atomic mass is 9.97. The molecule has 0 unspecified atom stereocenters. The van der Waals surface area contributed by atoms with Gasteiger partial charge in [0.15, 0.2) is 0 Å². The Morgan fingerprint density at radius 2 is 1.78 bits per heavy atom. The summed E-state index contributed by atoms with van der Waals surface area (Å²) < 4.78 is 12.7. The van der Waals surface area contributed by atoms with Crippen LogP contribution in [0.3, 0.4) is 0 Å². The minimum absolute atomic E-state index is 0.115. The Kier molecular flexibility index (Phi) is 4.04. The van der Waals surface area contributed by atoms with Gasteiger partial charge in [0.25, 0.3) is 5.91 Å². The molecule has 1 aromatic rings. The summed E-state index contributed by atoms with van der Waals surface area (Å²) in [6.45, 7) is 1.59. The molecule has 96 valence electrons. The molecule has 1 aliphatic heterocycles. The zero-order chi connectivity index (χ0) is 13.0. The molecule has 0 radical (unpaired) electrons. The molecule has 2 rings (SSSR count). The van der Waals surface area contributed by atoms with Gasteiger partial charge in [-0.1, -0.05) is 0 Å².